The van der Waals surface area contributed by atoms with Gasteiger partial charge in [-0.15, -0.1) is 0 Å². The van der Waals surface area contributed by atoms with Gasteiger partial charge < -0.3 is 4.74 Å². The first-order valence-corrected chi connectivity index (χ1v) is 6.85. The molecule has 0 aliphatic rings. The number of carbonyl (C=O) groups is 1. The van der Waals surface area contributed by atoms with E-state index in [-0.39, 0.29) is 16.4 Å². The smallest absolute Gasteiger partial charge is 0.185 e. The second-order valence-electron chi connectivity index (χ2n) is 4.32. The van der Waals surface area contributed by atoms with Crippen molar-refractivity contribution in [3.8, 4) is 11.8 Å². The van der Waals surface area contributed by atoms with Crippen LogP contribution in [0, 0.1) is 11.3 Å². The second-order valence-corrected chi connectivity index (χ2v) is 5.17. The highest BCUT2D eigenvalue weighted by atomic mass is 35.5. The molecule has 0 aliphatic heterocycles. The predicted molar refractivity (Wildman–Crippen MR) is 82.1 cm³/mol. The zero-order valence-electron chi connectivity index (χ0n) is 11.1. The number of ketones is 1. The number of nitriles is 1. The van der Waals surface area contributed by atoms with E-state index in [9.17, 15) is 10.1 Å². The molecule has 2 aromatic carbocycles. The van der Waals surface area contributed by atoms with Crippen molar-refractivity contribution in [2.24, 2.45) is 0 Å². The molecule has 1 unspecified atom stereocenters. The lowest BCUT2D eigenvalue weighted by molar-refractivity contribution is 0.0979. The van der Waals surface area contributed by atoms with Gasteiger partial charge in [0.1, 0.15) is 11.7 Å². The maximum Gasteiger partial charge on any atom is 0.185 e. The van der Waals surface area contributed by atoms with Crippen molar-refractivity contribution in [2.45, 2.75) is 5.92 Å². The van der Waals surface area contributed by atoms with Crippen molar-refractivity contribution >= 4 is 29.0 Å². The van der Waals surface area contributed by atoms with Crippen LogP contribution in [-0.2, 0) is 0 Å². The van der Waals surface area contributed by atoms with Gasteiger partial charge in [0.15, 0.2) is 5.78 Å². The number of carbonyl (C=O) groups excluding carboxylic acids is 1. The normalized spacial score (nSPS) is 11.5. The molecule has 0 radical (unpaired) electrons. The lowest BCUT2D eigenvalue weighted by atomic mass is 9.92. The average Bonchev–Trinajstić information content (AvgIpc) is 2.51. The molecule has 0 saturated heterocycles. The third-order valence-corrected chi connectivity index (χ3v) is 3.60. The SMILES string of the molecule is COc1ccc(C(C#N)C(=O)c2cc(Cl)ccc2Cl)cc1. The number of hydrogen-bond donors (Lipinski definition) is 0. The fraction of sp³-hybridized carbons (Fsp3) is 0.125. The molecule has 0 aliphatic carbocycles. The van der Waals surface area contributed by atoms with Crippen molar-refractivity contribution in [1.82, 2.24) is 0 Å². The van der Waals surface area contributed by atoms with Crippen LogP contribution >= 0.6 is 23.2 Å². The van der Waals surface area contributed by atoms with Gasteiger partial charge >= 0.3 is 0 Å². The Labute approximate surface area is 132 Å². The first-order valence-electron chi connectivity index (χ1n) is 6.09. The minimum Gasteiger partial charge on any atom is -0.497 e. The highest BCUT2D eigenvalue weighted by molar-refractivity contribution is 6.36. The number of benzene rings is 2. The molecule has 0 spiro atoms. The molecule has 2 rings (SSSR count). The van der Waals surface area contributed by atoms with E-state index in [0.29, 0.717) is 16.3 Å². The van der Waals surface area contributed by atoms with E-state index in [1.54, 1.807) is 43.5 Å². The van der Waals surface area contributed by atoms with Crippen LogP contribution in [-0.4, -0.2) is 12.9 Å². The van der Waals surface area contributed by atoms with Crippen molar-refractivity contribution in [2.75, 3.05) is 7.11 Å². The molecule has 0 amide bonds. The van der Waals surface area contributed by atoms with Gasteiger partial charge in [0.2, 0.25) is 0 Å². The van der Waals surface area contributed by atoms with Crippen molar-refractivity contribution < 1.29 is 9.53 Å². The van der Waals surface area contributed by atoms with E-state index >= 15 is 0 Å². The van der Waals surface area contributed by atoms with Crippen LogP contribution in [0.3, 0.4) is 0 Å². The number of halogens is 2. The number of Topliss-reactive ketones (excluding diaryl/α,β-unsaturated/α-hetero) is 1. The molecule has 0 aromatic heterocycles. The van der Waals surface area contributed by atoms with Gasteiger partial charge in [0.05, 0.1) is 18.2 Å². The molecule has 0 heterocycles. The topological polar surface area (TPSA) is 50.1 Å². The van der Waals surface area contributed by atoms with Crippen LogP contribution in [0.5, 0.6) is 5.75 Å². The summed E-state index contributed by atoms with van der Waals surface area (Å²) in [4.78, 5) is 12.5. The quantitative estimate of drug-likeness (QED) is 0.780. The van der Waals surface area contributed by atoms with Crippen LogP contribution in [0.15, 0.2) is 42.5 Å². The van der Waals surface area contributed by atoms with E-state index in [1.807, 2.05) is 6.07 Å². The minimum absolute atomic E-state index is 0.242. The number of hydrogen-bond acceptors (Lipinski definition) is 3. The molecular weight excluding hydrogens is 309 g/mol. The summed E-state index contributed by atoms with van der Waals surface area (Å²) in [5.41, 5.74) is 0.825. The summed E-state index contributed by atoms with van der Waals surface area (Å²) in [5, 5.41) is 9.99. The third kappa shape index (κ3) is 3.36. The highest BCUT2D eigenvalue weighted by Crippen LogP contribution is 2.28. The Morgan fingerprint density at radius 3 is 2.43 bits per heavy atom. The number of nitrogens with zero attached hydrogens (tertiary/aromatic N) is 1. The maximum absolute atomic E-state index is 12.5. The summed E-state index contributed by atoms with van der Waals surface area (Å²) in [5.74, 6) is -0.661. The first-order chi connectivity index (χ1) is 10.1. The Balaban J connectivity index is 2.38. The summed E-state index contributed by atoms with van der Waals surface area (Å²) in [6.07, 6.45) is 0. The fourth-order valence-electron chi connectivity index (χ4n) is 1.92. The van der Waals surface area contributed by atoms with Gasteiger partial charge in [-0.2, -0.15) is 5.26 Å². The van der Waals surface area contributed by atoms with Gasteiger partial charge in [-0.25, -0.2) is 0 Å². The Morgan fingerprint density at radius 1 is 1.19 bits per heavy atom. The second kappa shape index (κ2) is 6.62. The molecule has 0 N–H and O–H groups in total. The zero-order valence-corrected chi connectivity index (χ0v) is 12.7. The molecular formula is C16H11Cl2NO2. The van der Waals surface area contributed by atoms with E-state index in [4.69, 9.17) is 27.9 Å². The molecule has 0 fully saturated rings. The average molecular weight is 320 g/mol. The highest BCUT2D eigenvalue weighted by Gasteiger charge is 2.24. The van der Waals surface area contributed by atoms with Gasteiger partial charge in [-0.3, -0.25) is 4.79 Å². The molecule has 2 aromatic rings. The largest absolute Gasteiger partial charge is 0.497 e. The predicted octanol–water partition coefficient (Wildman–Crippen LogP) is 4.49. The fourth-order valence-corrected chi connectivity index (χ4v) is 2.31. The molecule has 106 valence electrons. The van der Waals surface area contributed by atoms with Crippen LogP contribution in [0.25, 0.3) is 0 Å². The Kier molecular flexibility index (Phi) is 4.85. The van der Waals surface area contributed by atoms with Crippen molar-refractivity contribution in [3.05, 3.63) is 63.6 Å². The van der Waals surface area contributed by atoms with Crippen LogP contribution < -0.4 is 4.74 Å². The molecule has 0 bridgehead atoms. The van der Waals surface area contributed by atoms with Crippen LogP contribution in [0.2, 0.25) is 10.0 Å². The lowest BCUT2D eigenvalue weighted by Gasteiger charge is -2.11. The monoisotopic (exact) mass is 319 g/mol. The standard InChI is InChI=1S/C16H11Cl2NO2/c1-21-12-5-2-10(3-6-12)14(9-19)16(20)13-8-11(17)4-7-15(13)18/h2-8,14H,1H3. The van der Waals surface area contributed by atoms with E-state index in [1.165, 1.54) is 6.07 Å². The molecule has 1 atom stereocenters. The third-order valence-electron chi connectivity index (χ3n) is 3.03. The number of rotatable bonds is 4. The Bertz CT molecular complexity index is 705. The maximum atomic E-state index is 12.5. The number of ether oxygens (including phenoxy) is 1. The van der Waals surface area contributed by atoms with E-state index < -0.39 is 5.92 Å². The summed E-state index contributed by atoms with van der Waals surface area (Å²) in [6, 6.07) is 13.4. The van der Waals surface area contributed by atoms with Crippen LogP contribution in [0.1, 0.15) is 21.8 Å². The first kappa shape index (κ1) is 15.4. The van der Waals surface area contributed by atoms with Gasteiger partial charge in [-0.1, -0.05) is 35.3 Å². The zero-order chi connectivity index (χ0) is 15.4. The van der Waals surface area contributed by atoms with E-state index in [2.05, 4.69) is 0 Å². The molecule has 21 heavy (non-hydrogen) atoms. The van der Waals surface area contributed by atoms with Crippen LogP contribution in [0.4, 0.5) is 0 Å². The summed E-state index contributed by atoms with van der Waals surface area (Å²) < 4.78 is 5.06. The lowest BCUT2D eigenvalue weighted by Crippen LogP contribution is -2.12. The number of methoxy groups -OCH3 is 1. The molecule has 3 nitrogen and oxygen atoms in total. The summed E-state index contributed by atoms with van der Waals surface area (Å²) in [7, 11) is 1.55. The Morgan fingerprint density at radius 2 is 1.86 bits per heavy atom. The van der Waals surface area contributed by atoms with Gasteiger partial charge in [-0.05, 0) is 35.9 Å². The molecule has 5 heteroatoms. The van der Waals surface area contributed by atoms with E-state index in [0.717, 1.165) is 0 Å². The van der Waals surface area contributed by atoms with Gasteiger partial charge in [0.25, 0.3) is 0 Å². The van der Waals surface area contributed by atoms with Crippen molar-refractivity contribution in [1.29, 1.82) is 5.26 Å². The minimum atomic E-state index is -0.938. The summed E-state index contributed by atoms with van der Waals surface area (Å²) in [6.45, 7) is 0. The molecule has 0 saturated carbocycles. The van der Waals surface area contributed by atoms with Gasteiger partial charge in [0, 0.05) is 10.6 Å². The summed E-state index contributed by atoms with van der Waals surface area (Å²) >= 11 is 11.9. The Hall–Kier alpha value is -2.02. The van der Waals surface area contributed by atoms with Crippen molar-refractivity contribution in [3.63, 3.8) is 0 Å².